The van der Waals surface area contributed by atoms with Crippen molar-refractivity contribution < 1.29 is 14.6 Å². The number of para-hydroxylation sites is 2. The van der Waals surface area contributed by atoms with E-state index in [-0.39, 0.29) is 18.2 Å². The first kappa shape index (κ1) is 24.1. The molecule has 4 aromatic rings. The van der Waals surface area contributed by atoms with Gasteiger partial charge in [0.2, 0.25) is 17.5 Å². The molecule has 0 atom stereocenters. The number of rotatable bonds is 10. The molecule has 0 spiro atoms. The number of aromatic carboxylic acids is 1. The summed E-state index contributed by atoms with van der Waals surface area (Å²) in [6.07, 6.45) is 5.22. The van der Waals surface area contributed by atoms with Gasteiger partial charge in [0.15, 0.2) is 0 Å². The fourth-order valence-corrected chi connectivity index (χ4v) is 3.82. The van der Waals surface area contributed by atoms with Crippen LogP contribution in [-0.2, 0) is 13.0 Å². The van der Waals surface area contributed by atoms with E-state index in [1.165, 1.54) is 16.7 Å². The number of nitrogens with zero attached hydrogens (tertiary/aromatic N) is 5. The molecule has 0 aliphatic rings. The minimum absolute atomic E-state index is 0.0284. The highest BCUT2D eigenvalue weighted by molar-refractivity contribution is 5.90. The number of ether oxygens (including phenoxy) is 1. The van der Waals surface area contributed by atoms with Gasteiger partial charge >= 0.3 is 5.97 Å². The van der Waals surface area contributed by atoms with Gasteiger partial charge in [-0.15, -0.1) is 0 Å². The van der Waals surface area contributed by atoms with Gasteiger partial charge in [0, 0.05) is 25.5 Å². The second-order valence-electron chi connectivity index (χ2n) is 8.47. The van der Waals surface area contributed by atoms with E-state index in [4.69, 9.17) is 4.74 Å². The van der Waals surface area contributed by atoms with Gasteiger partial charge in [-0.05, 0) is 55.5 Å². The summed E-state index contributed by atoms with van der Waals surface area (Å²) in [5.41, 5.74) is 5.65. The lowest BCUT2D eigenvalue weighted by Gasteiger charge is -2.24. The molecule has 35 heavy (non-hydrogen) atoms. The fourth-order valence-electron chi connectivity index (χ4n) is 3.82. The number of carbonyl (C=O) groups is 1. The van der Waals surface area contributed by atoms with Gasteiger partial charge in [0.1, 0.15) is 0 Å². The number of hydrogen-bond acceptors (Lipinski definition) is 7. The molecular weight excluding hydrogens is 442 g/mol. The Hall–Kier alpha value is -4.07. The lowest BCUT2D eigenvalue weighted by Crippen LogP contribution is -2.27. The molecular formula is C27H29N5O3. The smallest absolute Gasteiger partial charge is 0.360 e. The molecule has 4 rings (SSSR count). The SMILES string of the molecule is CCc1cnc(N(CCCOc2nc3ccccc3nc2C(=O)O)Cc2ccc(C)cc2C)nc1. The molecule has 0 saturated carbocycles. The fraction of sp³-hybridized carbons (Fsp3) is 0.296. The minimum Gasteiger partial charge on any atom is -0.476 e. The highest BCUT2D eigenvalue weighted by Gasteiger charge is 2.17. The number of anilines is 1. The van der Waals surface area contributed by atoms with Crippen molar-refractivity contribution >= 4 is 23.0 Å². The maximum atomic E-state index is 11.7. The van der Waals surface area contributed by atoms with Gasteiger partial charge in [-0.3, -0.25) is 0 Å². The topological polar surface area (TPSA) is 101 Å². The van der Waals surface area contributed by atoms with Gasteiger partial charge in [0.25, 0.3) is 0 Å². The first-order valence-electron chi connectivity index (χ1n) is 11.7. The Labute approximate surface area is 204 Å². The van der Waals surface area contributed by atoms with Crippen LogP contribution in [0, 0.1) is 13.8 Å². The van der Waals surface area contributed by atoms with Gasteiger partial charge in [-0.1, -0.05) is 42.8 Å². The van der Waals surface area contributed by atoms with Crippen LogP contribution in [0.3, 0.4) is 0 Å². The van der Waals surface area contributed by atoms with E-state index in [9.17, 15) is 9.90 Å². The number of aromatic nitrogens is 4. The first-order chi connectivity index (χ1) is 16.9. The second-order valence-corrected chi connectivity index (χ2v) is 8.47. The molecule has 8 heteroatoms. The second kappa shape index (κ2) is 10.9. The largest absolute Gasteiger partial charge is 0.476 e. The highest BCUT2D eigenvalue weighted by Crippen LogP contribution is 2.20. The van der Waals surface area contributed by atoms with Gasteiger partial charge < -0.3 is 14.7 Å². The van der Waals surface area contributed by atoms with Gasteiger partial charge in [-0.2, -0.15) is 0 Å². The molecule has 0 bridgehead atoms. The number of aryl methyl sites for hydroxylation is 3. The van der Waals surface area contributed by atoms with Crippen LogP contribution in [0.2, 0.25) is 0 Å². The maximum absolute atomic E-state index is 11.7. The van der Waals surface area contributed by atoms with Crippen molar-refractivity contribution in [2.75, 3.05) is 18.1 Å². The van der Waals surface area contributed by atoms with Crippen molar-refractivity contribution in [1.29, 1.82) is 0 Å². The number of benzene rings is 2. The molecule has 0 aliphatic heterocycles. The lowest BCUT2D eigenvalue weighted by atomic mass is 10.1. The van der Waals surface area contributed by atoms with Crippen LogP contribution in [0.1, 0.15) is 46.1 Å². The van der Waals surface area contributed by atoms with Crippen LogP contribution in [0.25, 0.3) is 11.0 Å². The zero-order chi connectivity index (χ0) is 24.8. The van der Waals surface area contributed by atoms with Crippen molar-refractivity contribution in [2.24, 2.45) is 0 Å². The molecule has 0 amide bonds. The van der Waals surface area contributed by atoms with Crippen molar-refractivity contribution in [1.82, 2.24) is 19.9 Å². The molecule has 0 aliphatic carbocycles. The van der Waals surface area contributed by atoms with Gasteiger partial charge in [-0.25, -0.2) is 24.7 Å². The van der Waals surface area contributed by atoms with Gasteiger partial charge in [0.05, 0.1) is 17.6 Å². The molecule has 2 aromatic carbocycles. The predicted molar refractivity (Wildman–Crippen MR) is 135 cm³/mol. The van der Waals surface area contributed by atoms with E-state index >= 15 is 0 Å². The summed E-state index contributed by atoms with van der Waals surface area (Å²) in [7, 11) is 0. The van der Waals surface area contributed by atoms with Crippen LogP contribution < -0.4 is 9.64 Å². The monoisotopic (exact) mass is 471 g/mol. The highest BCUT2D eigenvalue weighted by atomic mass is 16.5. The first-order valence-corrected chi connectivity index (χ1v) is 11.7. The summed E-state index contributed by atoms with van der Waals surface area (Å²) >= 11 is 0. The third-order valence-corrected chi connectivity index (χ3v) is 5.79. The summed E-state index contributed by atoms with van der Waals surface area (Å²) in [5.74, 6) is -0.487. The Morgan fingerprint density at radius 3 is 2.40 bits per heavy atom. The zero-order valence-electron chi connectivity index (χ0n) is 20.2. The Balaban J connectivity index is 1.48. The molecule has 0 saturated heterocycles. The molecule has 0 fully saturated rings. The molecule has 2 aromatic heterocycles. The third-order valence-electron chi connectivity index (χ3n) is 5.79. The number of hydrogen-bond donors (Lipinski definition) is 1. The Morgan fingerprint density at radius 1 is 1.03 bits per heavy atom. The molecule has 1 N–H and O–H groups in total. The van der Waals surface area contributed by atoms with E-state index in [0.29, 0.717) is 36.5 Å². The van der Waals surface area contributed by atoms with E-state index in [1.54, 1.807) is 18.2 Å². The summed E-state index contributed by atoms with van der Waals surface area (Å²) in [4.78, 5) is 31.5. The van der Waals surface area contributed by atoms with Crippen LogP contribution in [0.4, 0.5) is 5.95 Å². The van der Waals surface area contributed by atoms with Crippen LogP contribution in [0.15, 0.2) is 54.9 Å². The summed E-state index contributed by atoms with van der Waals surface area (Å²) in [6.45, 7) is 7.83. The maximum Gasteiger partial charge on any atom is 0.360 e. The quantitative estimate of drug-likeness (QED) is 0.330. The lowest BCUT2D eigenvalue weighted by molar-refractivity contribution is 0.0684. The average Bonchev–Trinajstić information content (AvgIpc) is 2.86. The van der Waals surface area contributed by atoms with Crippen LogP contribution >= 0.6 is 0 Å². The van der Waals surface area contributed by atoms with E-state index in [2.05, 4.69) is 63.8 Å². The number of carboxylic acids is 1. The third kappa shape index (κ3) is 5.90. The van der Waals surface area contributed by atoms with E-state index in [0.717, 1.165) is 12.0 Å². The van der Waals surface area contributed by atoms with Crippen LogP contribution in [-0.4, -0.2) is 44.2 Å². The molecule has 0 unspecified atom stereocenters. The molecule has 8 nitrogen and oxygen atoms in total. The zero-order valence-corrected chi connectivity index (χ0v) is 20.2. The van der Waals surface area contributed by atoms with Crippen molar-refractivity contribution in [3.63, 3.8) is 0 Å². The summed E-state index contributed by atoms with van der Waals surface area (Å²) in [6, 6.07) is 13.5. The average molecular weight is 472 g/mol. The Bertz CT molecular complexity index is 1320. The molecule has 0 radical (unpaired) electrons. The van der Waals surface area contributed by atoms with Crippen molar-refractivity contribution in [3.05, 3.63) is 82.8 Å². The summed E-state index contributed by atoms with van der Waals surface area (Å²) in [5, 5.41) is 9.56. The predicted octanol–water partition coefficient (Wildman–Crippen LogP) is 4.77. The van der Waals surface area contributed by atoms with Crippen LogP contribution in [0.5, 0.6) is 5.88 Å². The van der Waals surface area contributed by atoms with Crippen molar-refractivity contribution in [3.8, 4) is 5.88 Å². The minimum atomic E-state index is -1.17. The normalized spacial score (nSPS) is 10.9. The Morgan fingerprint density at radius 2 is 1.74 bits per heavy atom. The number of carboxylic acid groups (broad SMARTS) is 1. The van der Waals surface area contributed by atoms with E-state index in [1.807, 2.05) is 18.5 Å². The molecule has 180 valence electrons. The number of fused-ring (bicyclic) bond motifs is 1. The van der Waals surface area contributed by atoms with E-state index < -0.39 is 5.97 Å². The van der Waals surface area contributed by atoms with Crippen molar-refractivity contribution in [2.45, 2.75) is 40.2 Å². The standard InChI is InChI=1S/C27H29N5O3/c1-4-20-15-28-27(29-16-20)32(17-21-11-10-18(2)14-19(21)3)12-7-13-35-25-24(26(33)34)30-22-8-5-6-9-23(22)31-25/h5-6,8-11,14-16H,4,7,12-13,17H2,1-3H3,(H,33,34). The Kier molecular flexibility index (Phi) is 7.50. The molecule has 2 heterocycles. The summed E-state index contributed by atoms with van der Waals surface area (Å²) < 4.78 is 5.80.